The van der Waals surface area contributed by atoms with Crippen LogP contribution in [0.4, 0.5) is 11.6 Å². The Morgan fingerprint density at radius 3 is 2.62 bits per heavy atom. The molecule has 0 aliphatic heterocycles. The van der Waals surface area contributed by atoms with Gasteiger partial charge in [-0.1, -0.05) is 29.8 Å². The SMILES string of the molecule is COc1ccc(NC(=O)c2ccnc(NCc3ccccc3Cl)n2)cc1. The van der Waals surface area contributed by atoms with E-state index in [1.165, 1.54) is 6.20 Å². The van der Waals surface area contributed by atoms with Crippen LogP contribution in [0.25, 0.3) is 0 Å². The predicted octanol–water partition coefficient (Wildman–Crippen LogP) is 4.00. The van der Waals surface area contributed by atoms with Gasteiger partial charge >= 0.3 is 0 Å². The summed E-state index contributed by atoms with van der Waals surface area (Å²) in [5.41, 5.74) is 1.84. The smallest absolute Gasteiger partial charge is 0.274 e. The van der Waals surface area contributed by atoms with Crippen LogP contribution in [0.1, 0.15) is 16.1 Å². The molecule has 3 rings (SSSR count). The van der Waals surface area contributed by atoms with Crippen LogP contribution in [-0.4, -0.2) is 23.0 Å². The summed E-state index contributed by atoms with van der Waals surface area (Å²) < 4.78 is 5.10. The summed E-state index contributed by atoms with van der Waals surface area (Å²) in [4.78, 5) is 20.7. The van der Waals surface area contributed by atoms with E-state index in [0.717, 1.165) is 11.3 Å². The van der Waals surface area contributed by atoms with Crippen molar-refractivity contribution >= 4 is 29.1 Å². The number of benzene rings is 2. The van der Waals surface area contributed by atoms with Gasteiger partial charge in [0.25, 0.3) is 5.91 Å². The molecule has 3 aromatic rings. The number of rotatable bonds is 6. The van der Waals surface area contributed by atoms with Gasteiger partial charge in [-0.15, -0.1) is 0 Å². The van der Waals surface area contributed by atoms with Crippen LogP contribution in [0.3, 0.4) is 0 Å². The summed E-state index contributed by atoms with van der Waals surface area (Å²) in [7, 11) is 1.59. The van der Waals surface area contributed by atoms with Gasteiger partial charge < -0.3 is 15.4 Å². The van der Waals surface area contributed by atoms with Crippen molar-refractivity contribution in [2.24, 2.45) is 0 Å². The number of carbonyl (C=O) groups is 1. The number of amides is 1. The van der Waals surface area contributed by atoms with Crippen molar-refractivity contribution in [3.63, 3.8) is 0 Å². The second-order valence-corrected chi connectivity index (χ2v) is 5.80. The fourth-order valence-electron chi connectivity index (χ4n) is 2.26. The quantitative estimate of drug-likeness (QED) is 0.687. The molecule has 0 fully saturated rings. The van der Waals surface area contributed by atoms with E-state index in [4.69, 9.17) is 16.3 Å². The Morgan fingerprint density at radius 1 is 1.12 bits per heavy atom. The number of methoxy groups -OCH3 is 1. The van der Waals surface area contributed by atoms with Crippen molar-refractivity contribution < 1.29 is 9.53 Å². The molecule has 1 heterocycles. The number of aromatic nitrogens is 2. The van der Waals surface area contributed by atoms with Gasteiger partial charge in [0, 0.05) is 23.5 Å². The van der Waals surface area contributed by atoms with Gasteiger partial charge in [-0.2, -0.15) is 0 Å². The number of nitrogens with one attached hydrogen (secondary N) is 2. The molecule has 2 N–H and O–H groups in total. The molecule has 26 heavy (non-hydrogen) atoms. The van der Waals surface area contributed by atoms with Crippen molar-refractivity contribution in [1.82, 2.24) is 9.97 Å². The van der Waals surface area contributed by atoms with E-state index in [0.29, 0.717) is 23.2 Å². The van der Waals surface area contributed by atoms with E-state index in [9.17, 15) is 4.79 Å². The molecule has 0 aliphatic rings. The number of ether oxygens (including phenoxy) is 1. The zero-order chi connectivity index (χ0) is 18.4. The van der Waals surface area contributed by atoms with Crippen molar-refractivity contribution in [2.75, 3.05) is 17.7 Å². The Morgan fingerprint density at radius 2 is 1.88 bits per heavy atom. The fraction of sp³-hybridized carbons (Fsp3) is 0.105. The van der Waals surface area contributed by atoms with Gasteiger partial charge in [0.1, 0.15) is 11.4 Å². The largest absolute Gasteiger partial charge is 0.497 e. The third kappa shape index (κ3) is 4.49. The lowest BCUT2D eigenvalue weighted by molar-refractivity contribution is 0.102. The van der Waals surface area contributed by atoms with Crippen LogP contribution < -0.4 is 15.4 Å². The lowest BCUT2D eigenvalue weighted by Gasteiger charge is -2.09. The van der Waals surface area contributed by atoms with Crippen LogP contribution in [0.5, 0.6) is 5.75 Å². The summed E-state index contributed by atoms with van der Waals surface area (Å²) >= 11 is 6.13. The number of nitrogens with zero attached hydrogens (tertiary/aromatic N) is 2. The average molecular weight is 369 g/mol. The van der Waals surface area contributed by atoms with Crippen molar-refractivity contribution in [2.45, 2.75) is 6.54 Å². The molecular formula is C19H17ClN4O2. The molecule has 0 unspecified atom stereocenters. The maximum atomic E-state index is 12.4. The molecule has 0 radical (unpaired) electrons. The van der Waals surface area contributed by atoms with Gasteiger partial charge in [-0.05, 0) is 42.0 Å². The molecule has 0 saturated carbocycles. The number of halogens is 1. The number of hydrogen-bond acceptors (Lipinski definition) is 5. The third-order valence-corrected chi connectivity index (χ3v) is 4.00. The third-order valence-electron chi connectivity index (χ3n) is 3.63. The first-order valence-electron chi connectivity index (χ1n) is 7.91. The Labute approximate surface area is 156 Å². The highest BCUT2D eigenvalue weighted by molar-refractivity contribution is 6.31. The predicted molar refractivity (Wildman–Crippen MR) is 102 cm³/mol. The van der Waals surface area contributed by atoms with Gasteiger partial charge in [0.05, 0.1) is 7.11 Å². The Kier molecular flexibility index (Phi) is 5.66. The zero-order valence-corrected chi connectivity index (χ0v) is 14.8. The molecule has 132 valence electrons. The molecule has 0 bridgehead atoms. The molecule has 0 saturated heterocycles. The van der Waals surface area contributed by atoms with Crippen LogP contribution >= 0.6 is 11.6 Å². The first-order chi connectivity index (χ1) is 12.7. The maximum absolute atomic E-state index is 12.4. The number of hydrogen-bond donors (Lipinski definition) is 2. The highest BCUT2D eigenvalue weighted by Crippen LogP contribution is 2.17. The van der Waals surface area contributed by atoms with E-state index in [1.807, 2.05) is 24.3 Å². The minimum absolute atomic E-state index is 0.262. The van der Waals surface area contributed by atoms with Crippen LogP contribution in [-0.2, 0) is 6.54 Å². The number of anilines is 2. The molecule has 2 aromatic carbocycles. The van der Waals surface area contributed by atoms with Gasteiger partial charge in [0.15, 0.2) is 0 Å². The van der Waals surface area contributed by atoms with Crippen LogP contribution in [0.15, 0.2) is 60.8 Å². The molecule has 0 atom stereocenters. The Hall–Kier alpha value is -3.12. The second-order valence-electron chi connectivity index (χ2n) is 5.39. The molecule has 1 aromatic heterocycles. The Balaban J connectivity index is 1.66. The van der Waals surface area contributed by atoms with Crippen molar-refractivity contribution in [1.29, 1.82) is 0 Å². The molecule has 0 spiro atoms. The minimum atomic E-state index is -0.321. The lowest BCUT2D eigenvalue weighted by Crippen LogP contribution is -2.15. The van der Waals surface area contributed by atoms with Crippen LogP contribution in [0.2, 0.25) is 5.02 Å². The highest BCUT2D eigenvalue weighted by atomic mass is 35.5. The minimum Gasteiger partial charge on any atom is -0.497 e. The van der Waals surface area contributed by atoms with Crippen molar-refractivity contribution in [3.05, 3.63) is 77.1 Å². The lowest BCUT2D eigenvalue weighted by atomic mass is 10.2. The van der Waals surface area contributed by atoms with Gasteiger partial charge in [0.2, 0.25) is 5.95 Å². The van der Waals surface area contributed by atoms with Crippen molar-refractivity contribution in [3.8, 4) is 5.75 Å². The summed E-state index contributed by atoms with van der Waals surface area (Å²) in [5, 5.41) is 6.52. The molecule has 6 nitrogen and oxygen atoms in total. The molecule has 1 amide bonds. The first-order valence-corrected chi connectivity index (χ1v) is 8.29. The van der Waals surface area contributed by atoms with Crippen LogP contribution in [0, 0.1) is 0 Å². The van der Waals surface area contributed by atoms with E-state index >= 15 is 0 Å². The maximum Gasteiger partial charge on any atom is 0.274 e. The Bertz CT molecular complexity index is 900. The van der Waals surface area contributed by atoms with E-state index in [1.54, 1.807) is 37.4 Å². The molecule has 0 aliphatic carbocycles. The topological polar surface area (TPSA) is 76.1 Å². The second kappa shape index (κ2) is 8.31. The summed E-state index contributed by atoms with van der Waals surface area (Å²) in [6.07, 6.45) is 1.53. The number of carbonyl (C=O) groups excluding carboxylic acids is 1. The first kappa shape index (κ1) is 17.7. The average Bonchev–Trinajstić information content (AvgIpc) is 2.68. The fourth-order valence-corrected chi connectivity index (χ4v) is 2.46. The summed E-state index contributed by atoms with van der Waals surface area (Å²) in [5.74, 6) is 0.752. The standard InChI is InChI=1S/C19H17ClN4O2/c1-26-15-8-6-14(7-9-15)23-18(25)17-10-11-21-19(24-17)22-12-13-4-2-3-5-16(13)20/h2-11H,12H2,1H3,(H,23,25)(H,21,22,24). The molecule has 7 heteroatoms. The normalized spacial score (nSPS) is 10.2. The highest BCUT2D eigenvalue weighted by Gasteiger charge is 2.10. The zero-order valence-electron chi connectivity index (χ0n) is 14.1. The van der Waals surface area contributed by atoms with Gasteiger partial charge in [-0.3, -0.25) is 4.79 Å². The van der Waals surface area contributed by atoms with E-state index < -0.39 is 0 Å². The monoisotopic (exact) mass is 368 g/mol. The van der Waals surface area contributed by atoms with E-state index in [-0.39, 0.29) is 11.6 Å². The van der Waals surface area contributed by atoms with Gasteiger partial charge in [-0.25, -0.2) is 9.97 Å². The summed E-state index contributed by atoms with van der Waals surface area (Å²) in [6, 6.07) is 16.1. The van der Waals surface area contributed by atoms with E-state index in [2.05, 4.69) is 20.6 Å². The molecular weight excluding hydrogens is 352 g/mol. The summed E-state index contributed by atoms with van der Waals surface area (Å²) in [6.45, 7) is 0.462.